The molecular weight excluding hydrogens is 322 g/mol. The number of carboxylic acids is 1. The molecule has 2 aromatic rings. The first-order chi connectivity index (χ1) is 12.1. The summed E-state index contributed by atoms with van der Waals surface area (Å²) in [6.45, 7) is 1.28. The summed E-state index contributed by atoms with van der Waals surface area (Å²) in [7, 11) is 0. The number of carbonyl (C=O) groups is 2. The summed E-state index contributed by atoms with van der Waals surface area (Å²) >= 11 is 0. The van der Waals surface area contributed by atoms with Crippen LogP contribution in [0.15, 0.2) is 48.5 Å². The molecule has 6 nitrogen and oxygen atoms in total. The van der Waals surface area contributed by atoms with Crippen LogP contribution in [0.25, 0.3) is 0 Å². The van der Waals surface area contributed by atoms with E-state index in [-0.39, 0.29) is 11.8 Å². The lowest BCUT2D eigenvalue weighted by molar-refractivity contribution is -0.139. The van der Waals surface area contributed by atoms with E-state index < -0.39 is 12.6 Å². The summed E-state index contributed by atoms with van der Waals surface area (Å²) in [4.78, 5) is 22.8. The van der Waals surface area contributed by atoms with Crippen LogP contribution < -0.4 is 10.1 Å². The van der Waals surface area contributed by atoms with Gasteiger partial charge in [-0.15, -0.1) is 0 Å². The van der Waals surface area contributed by atoms with E-state index in [2.05, 4.69) is 11.4 Å². The molecule has 0 fully saturated rings. The van der Waals surface area contributed by atoms with Gasteiger partial charge in [0, 0.05) is 18.0 Å². The number of carbonyl (C=O) groups excluding carboxylic acids is 1. The van der Waals surface area contributed by atoms with Gasteiger partial charge in [0.15, 0.2) is 6.61 Å². The molecular formula is C19H19NO5. The summed E-state index contributed by atoms with van der Waals surface area (Å²) < 4.78 is 10.6. The largest absolute Gasteiger partial charge is 0.482 e. The molecule has 1 amide bonds. The molecule has 2 aromatic carbocycles. The zero-order valence-corrected chi connectivity index (χ0v) is 13.6. The normalized spacial score (nSPS) is 15.9. The number of hydrogen-bond acceptors (Lipinski definition) is 4. The molecule has 0 saturated carbocycles. The number of aliphatic carboxylic acids is 1. The monoisotopic (exact) mass is 341 g/mol. The first kappa shape index (κ1) is 17.0. The lowest BCUT2D eigenvalue weighted by Gasteiger charge is -2.25. The van der Waals surface area contributed by atoms with E-state index in [0.29, 0.717) is 31.1 Å². The van der Waals surface area contributed by atoms with Crippen molar-refractivity contribution in [2.75, 3.05) is 19.8 Å². The minimum Gasteiger partial charge on any atom is -0.482 e. The Morgan fingerprint density at radius 3 is 2.68 bits per heavy atom. The van der Waals surface area contributed by atoms with Crippen LogP contribution in [0.3, 0.4) is 0 Å². The number of hydrogen-bond donors (Lipinski definition) is 2. The lowest BCUT2D eigenvalue weighted by atomic mass is 9.93. The van der Waals surface area contributed by atoms with E-state index in [1.54, 1.807) is 24.3 Å². The van der Waals surface area contributed by atoms with Gasteiger partial charge in [0.05, 0.1) is 13.2 Å². The van der Waals surface area contributed by atoms with Crippen molar-refractivity contribution < 1.29 is 24.2 Å². The maximum absolute atomic E-state index is 12.3. The maximum atomic E-state index is 12.3. The van der Waals surface area contributed by atoms with Gasteiger partial charge in [0.25, 0.3) is 5.91 Å². The van der Waals surface area contributed by atoms with Crippen molar-refractivity contribution in [2.45, 2.75) is 12.5 Å². The minimum absolute atomic E-state index is 0.132. The van der Waals surface area contributed by atoms with Gasteiger partial charge in [-0.2, -0.15) is 0 Å². The molecule has 2 N–H and O–H groups in total. The van der Waals surface area contributed by atoms with Gasteiger partial charge in [-0.25, -0.2) is 4.79 Å². The summed E-state index contributed by atoms with van der Waals surface area (Å²) in [5.74, 6) is -0.690. The van der Waals surface area contributed by atoms with Crippen molar-refractivity contribution in [2.24, 2.45) is 0 Å². The standard InChI is InChI=1S/C19H19NO5/c21-18(22)12-25-16-7-5-13(6-8-16)19(23)20-9-15-11-24-10-14-3-1-2-4-17(14)15/h1-8,15H,9-12H2,(H,20,23)(H,21,22). The van der Waals surface area contributed by atoms with E-state index in [1.807, 2.05) is 18.2 Å². The number of amides is 1. The molecule has 0 aliphatic carbocycles. The molecule has 1 unspecified atom stereocenters. The zero-order valence-electron chi connectivity index (χ0n) is 13.6. The van der Waals surface area contributed by atoms with E-state index in [1.165, 1.54) is 5.56 Å². The van der Waals surface area contributed by atoms with Crippen LogP contribution in [-0.4, -0.2) is 36.7 Å². The molecule has 1 heterocycles. The average Bonchev–Trinajstić information content (AvgIpc) is 2.64. The third kappa shape index (κ3) is 4.36. The van der Waals surface area contributed by atoms with E-state index >= 15 is 0 Å². The second-order valence-corrected chi connectivity index (χ2v) is 5.83. The van der Waals surface area contributed by atoms with Crippen molar-refractivity contribution in [3.05, 3.63) is 65.2 Å². The third-order valence-corrected chi connectivity index (χ3v) is 4.06. The van der Waals surface area contributed by atoms with Gasteiger partial charge in [0.2, 0.25) is 0 Å². The number of benzene rings is 2. The predicted octanol–water partition coefficient (Wildman–Crippen LogP) is 2.19. The molecule has 1 aliphatic rings. The Hall–Kier alpha value is -2.86. The number of fused-ring (bicyclic) bond motifs is 1. The Morgan fingerprint density at radius 1 is 1.16 bits per heavy atom. The van der Waals surface area contributed by atoms with Gasteiger partial charge in [-0.3, -0.25) is 4.79 Å². The maximum Gasteiger partial charge on any atom is 0.341 e. The highest BCUT2D eigenvalue weighted by atomic mass is 16.5. The van der Waals surface area contributed by atoms with Crippen molar-refractivity contribution >= 4 is 11.9 Å². The van der Waals surface area contributed by atoms with Crippen LogP contribution in [0, 0.1) is 0 Å². The van der Waals surface area contributed by atoms with Crippen LogP contribution in [0.1, 0.15) is 27.4 Å². The first-order valence-corrected chi connectivity index (χ1v) is 8.02. The molecule has 0 spiro atoms. The fraction of sp³-hybridized carbons (Fsp3) is 0.263. The van der Waals surface area contributed by atoms with Gasteiger partial charge in [0.1, 0.15) is 5.75 Å². The van der Waals surface area contributed by atoms with E-state index in [4.69, 9.17) is 14.6 Å². The van der Waals surface area contributed by atoms with Gasteiger partial charge < -0.3 is 19.9 Å². The molecule has 0 bridgehead atoms. The molecule has 25 heavy (non-hydrogen) atoms. The zero-order chi connectivity index (χ0) is 17.6. The third-order valence-electron chi connectivity index (χ3n) is 4.06. The van der Waals surface area contributed by atoms with E-state index in [0.717, 1.165) is 5.56 Å². The second kappa shape index (κ2) is 7.81. The molecule has 6 heteroatoms. The van der Waals surface area contributed by atoms with Gasteiger partial charge in [-0.05, 0) is 35.4 Å². The Morgan fingerprint density at radius 2 is 1.92 bits per heavy atom. The fourth-order valence-electron chi connectivity index (χ4n) is 2.80. The Labute approximate surface area is 145 Å². The molecule has 3 rings (SSSR count). The molecule has 130 valence electrons. The predicted molar refractivity (Wildman–Crippen MR) is 90.7 cm³/mol. The Bertz CT molecular complexity index is 757. The quantitative estimate of drug-likeness (QED) is 0.841. The van der Waals surface area contributed by atoms with Crippen molar-refractivity contribution in [3.63, 3.8) is 0 Å². The topological polar surface area (TPSA) is 84.9 Å². The lowest BCUT2D eigenvalue weighted by Crippen LogP contribution is -2.32. The van der Waals surface area contributed by atoms with Crippen LogP contribution >= 0.6 is 0 Å². The molecule has 0 radical (unpaired) electrons. The number of nitrogens with one attached hydrogen (secondary N) is 1. The molecule has 0 aromatic heterocycles. The highest BCUT2D eigenvalue weighted by molar-refractivity contribution is 5.94. The van der Waals surface area contributed by atoms with Crippen LogP contribution in [0.4, 0.5) is 0 Å². The molecule has 1 aliphatic heterocycles. The Kier molecular flexibility index (Phi) is 5.30. The number of rotatable bonds is 6. The van der Waals surface area contributed by atoms with Crippen molar-refractivity contribution in [3.8, 4) is 5.75 Å². The minimum atomic E-state index is -1.04. The highest BCUT2D eigenvalue weighted by Gasteiger charge is 2.21. The van der Waals surface area contributed by atoms with Crippen LogP contribution in [0.2, 0.25) is 0 Å². The molecule has 0 saturated heterocycles. The van der Waals surface area contributed by atoms with Gasteiger partial charge in [-0.1, -0.05) is 24.3 Å². The summed E-state index contributed by atoms with van der Waals surface area (Å²) in [6, 6.07) is 14.5. The number of carboxylic acid groups (broad SMARTS) is 1. The average molecular weight is 341 g/mol. The second-order valence-electron chi connectivity index (χ2n) is 5.83. The smallest absolute Gasteiger partial charge is 0.341 e. The SMILES string of the molecule is O=C(O)COc1ccc(C(=O)NCC2COCc3ccccc32)cc1. The molecule has 1 atom stereocenters. The highest BCUT2D eigenvalue weighted by Crippen LogP contribution is 2.25. The van der Waals surface area contributed by atoms with E-state index in [9.17, 15) is 9.59 Å². The van der Waals surface area contributed by atoms with Crippen LogP contribution in [-0.2, 0) is 16.1 Å². The first-order valence-electron chi connectivity index (χ1n) is 8.02. The summed E-state index contributed by atoms with van der Waals surface area (Å²) in [5.41, 5.74) is 2.87. The number of ether oxygens (including phenoxy) is 2. The summed E-state index contributed by atoms with van der Waals surface area (Å²) in [6.07, 6.45) is 0. The van der Waals surface area contributed by atoms with Gasteiger partial charge >= 0.3 is 5.97 Å². The summed E-state index contributed by atoms with van der Waals surface area (Å²) in [5, 5.41) is 11.5. The van der Waals surface area contributed by atoms with Crippen molar-refractivity contribution in [1.82, 2.24) is 5.32 Å². The van der Waals surface area contributed by atoms with Crippen LogP contribution in [0.5, 0.6) is 5.75 Å². The van der Waals surface area contributed by atoms with Crippen molar-refractivity contribution in [1.29, 1.82) is 0 Å². The fourth-order valence-corrected chi connectivity index (χ4v) is 2.80. The Balaban J connectivity index is 1.57.